The molecule has 1 saturated heterocycles. The minimum Gasteiger partial charge on any atom is -0.476 e. The van der Waals surface area contributed by atoms with Crippen molar-refractivity contribution in [3.63, 3.8) is 0 Å². The highest BCUT2D eigenvalue weighted by atomic mass is 19.1. The number of nitrogens with one attached hydrogen (secondary N) is 1. The summed E-state index contributed by atoms with van der Waals surface area (Å²) in [7, 11) is 0. The van der Waals surface area contributed by atoms with E-state index in [1.807, 2.05) is 10.6 Å². The number of ether oxygens (including phenoxy) is 1. The molecule has 3 N–H and O–H groups in total. The number of nitrogens with zero attached hydrogens (tertiary/aromatic N) is 4. The number of aromatic nitrogens is 3. The van der Waals surface area contributed by atoms with Crippen molar-refractivity contribution in [2.75, 3.05) is 26.2 Å². The van der Waals surface area contributed by atoms with Crippen LogP contribution in [0.4, 0.5) is 4.39 Å². The number of pyridine rings is 1. The first kappa shape index (κ1) is 25.1. The van der Waals surface area contributed by atoms with Crippen molar-refractivity contribution in [2.24, 2.45) is 16.6 Å². The van der Waals surface area contributed by atoms with Crippen molar-refractivity contribution in [2.45, 2.75) is 51.0 Å². The van der Waals surface area contributed by atoms with Crippen LogP contribution in [0, 0.1) is 11.7 Å². The van der Waals surface area contributed by atoms with E-state index in [0.717, 1.165) is 43.5 Å². The van der Waals surface area contributed by atoms with Gasteiger partial charge in [0.2, 0.25) is 17.4 Å². The Labute approximate surface area is 214 Å². The van der Waals surface area contributed by atoms with E-state index >= 15 is 0 Å². The summed E-state index contributed by atoms with van der Waals surface area (Å²) < 4.78 is 21.3. The normalized spacial score (nSPS) is 21.3. The summed E-state index contributed by atoms with van der Waals surface area (Å²) in [4.78, 5) is 39.1. The third-order valence-corrected chi connectivity index (χ3v) is 7.46. The first-order valence-electron chi connectivity index (χ1n) is 13.1. The molecule has 3 aromatic rings. The number of nitrogens with two attached hydrogens (primary N) is 1. The van der Waals surface area contributed by atoms with E-state index in [0.29, 0.717) is 36.5 Å². The Morgan fingerprint density at radius 3 is 2.54 bits per heavy atom. The number of likely N-dealkylation sites (tertiary alicyclic amines) is 1. The van der Waals surface area contributed by atoms with Crippen LogP contribution in [-0.2, 0) is 4.79 Å². The first-order chi connectivity index (χ1) is 18.0. The molecular weight excluding hydrogens is 475 g/mol. The maximum Gasteiger partial charge on any atom is 0.280 e. The predicted octanol–water partition coefficient (Wildman–Crippen LogP) is 3.33. The molecule has 37 heavy (non-hydrogen) atoms. The lowest BCUT2D eigenvalue weighted by atomic mass is 9.85. The van der Waals surface area contributed by atoms with Gasteiger partial charge in [-0.3, -0.25) is 14.5 Å². The number of fused-ring (bicyclic) bond motifs is 1. The Morgan fingerprint density at radius 2 is 1.84 bits per heavy atom. The molecular formula is C27H33FN6O3. The maximum absolute atomic E-state index is 13.3. The fourth-order valence-corrected chi connectivity index (χ4v) is 5.38. The lowest BCUT2D eigenvalue weighted by molar-refractivity contribution is -0.122. The predicted molar refractivity (Wildman–Crippen MR) is 136 cm³/mol. The van der Waals surface area contributed by atoms with Crippen LogP contribution in [0.25, 0.3) is 11.0 Å². The number of H-pyrrole nitrogens is 1. The molecule has 0 unspecified atom stereocenters. The molecule has 5 rings (SSSR count). The first-order valence-corrected chi connectivity index (χ1v) is 13.1. The second kappa shape index (κ2) is 11.2. The smallest absolute Gasteiger partial charge is 0.280 e. The van der Waals surface area contributed by atoms with Crippen LogP contribution in [0.5, 0.6) is 5.88 Å². The van der Waals surface area contributed by atoms with Gasteiger partial charge in [0.15, 0.2) is 0 Å². The molecule has 0 bridgehead atoms. The fraction of sp³-hybridized carbons (Fsp3) is 0.481. The molecule has 2 aromatic heterocycles. The van der Waals surface area contributed by atoms with E-state index in [-0.39, 0.29) is 17.9 Å². The van der Waals surface area contributed by atoms with Crippen LogP contribution in [0.1, 0.15) is 61.3 Å². The van der Waals surface area contributed by atoms with Crippen LogP contribution >= 0.6 is 0 Å². The van der Waals surface area contributed by atoms with Gasteiger partial charge in [0, 0.05) is 30.1 Å². The van der Waals surface area contributed by atoms with E-state index in [2.05, 4.69) is 19.9 Å². The number of primary amides is 1. The van der Waals surface area contributed by atoms with Crippen molar-refractivity contribution >= 4 is 22.8 Å². The Bertz CT molecular complexity index is 1320. The number of imidazole rings is 1. The third-order valence-electron chi connectivity index (χ3n) is 7.46. The van der Waals surface area contributed by atoms with E-state index in [1.165, 1.54) is 43.5 Å². The molecule has 2 amide bonds. The van der Waals surface area contributed by atoms with Gasteiger partial charge in [0.25, 0.3) is 5.91 Å². The summed E-state index contributed by atoms with van der Waals surface area (Å²) in [6.45, 7) is 3.62. The molecule has 0 radical (unpaired) electrons. The number of carbonyl (C=O) groups is 2. The van der Waals surface area contributed by atoms with Gasteiger partial charge in [-0.1, -0.05) is 6.42 Å². The molecule has 2 fully saturated rings. The molecule has 2 aliphatic rings. The molecule has 0 spiro atoms. The number of aromatic amines is 1. The Morgan fingerprint density at radius 1 is 1.11 bits per heavy atom. The summed E-state index contributed by atoms with van der Waals surface area (Å²) in [6, 6.07) is 7.22. The average molecular weight is 509 g/mol. The molecule has 0 atom stereocenters. The van der Waals surface area contributed by atoms with Gasteiger partial charge in [-0.2, -0.15) is 4.99 Å². The van der Waals surface area contributed by atoms with Crippen molar-refractivity contribution in [1.82, 2.24) is 19.4 Å². The van der Waals surface area contributed by atoms with Crippen LogP contribution in [0.15, 0.2) is 41.5 Å². The monoisotopic (exact) mass is 508 g/mol. The number of benzene rings is 1. The number of rotatable bonds is 7. The lowest BCUT2D eigenvalue weighted by Crippen LogP contribution is -2.33. The Balaban J connectivity index is 1.44. The number of hydrogen-bond acceptors (Lipinski definition) is 5. The molecule has 10 heteroatoms. The van der Waals surface area contributed by atoms with Gasteiger partial charge < -0.3 is 20.0 Å². The molecule has 1 aliphatic carbocycles. The number of hydrogen-bond donors (Lipinski definition) is 2. The largest absolute Gasteiger partial charge is 0.476 e. The van der Waals surface area contributed by atoms with Gasteiger partial charge in [0.05, 0.1) is 17.2 Å². The molecule has 196 valence electrons. The highest BCUT2D eigenvalue weighted by Gasteiger charge is 2.27. The summed E-state index contributed by atoms with van der Waals surface area (Å²) in [6.07, 6.45) is 8.26. The number of carbonyl (C=O) groups excluding carboxylic acids is 2. The zero-order valence-corrected chi connectivity index (χ0v) is 20.9. The summed E-state index contributed by atoms with van der Waals surface area (Å²) >= 11 is 0. The van der Waals surface area contributed by atoms with Crippen LogP contribution in [0.3, 0.4) is 0 Å². The molecule has 3 heterocycles. The number of amides is 2. The Kier molecular flexibility index (Phi) is 7.64. The minimum absolute atomic E-state index is 0.0210. The van der Waals surface area contributed by atoms with Crippen LogP contribution in [-0.4, -0.2) is 57.5 Å². The van der Waals surface area contributed by atoms with Gasteiger partial charge >= 0.3 is 0 Å². The zero-order chi connectivity index (χ0) is 25.8. The van der Waals surface area contributed by atoms with E-state index in [4.69, 9.17) is 10.5 Å². The van der Waals surface area contributed by atoms with Crippen LogP contribution < -0.4 is 16.1 Å². The van der Waals surface area contributed by atoms with Crippen molar-refractivity contribution in [3.05, 3.63) is 53.5 Å². The topological polar surface area (TPSA) is 119 Å². The zero-order valence-electron chi connectivity index (χ0n) is 20.9. The maximum atomic E-state index is 13.3. The van der Waals surface area contributed by atoms with Gasteiger partial charge in [-0.05, 0) is 75.9 Å². The standard InChI is InChI=1S/C27H33FN6O3/c28-20-8-4-19(5-9-20)26(36)32-27-31-22-17-30-24(37-15-14-33-12-2-1-3-13-33)16-23(22)34(27)21-10-6-18(7-11-21)25(29)35/h4-5,8-9,16-18,21H,1-3,6-7,10-15H2,(H2,29,35)(H,31,32,36). The molecule has 9 nitrogen and oxygen atoms in total. The number of halogens is 1. The second-order valence-corrected chi connectivity index (χ2v) is 9.94. The van der Waals surface area contributed by atoms with Crippen LogP contribution in [0.2, 0.25) is 0 Å². The van der Waals surface area contributed by atoms with Crippen molar-refractivity contribution < 1.29 is 18.7 Å². The van der Waals surface area contributed by atoms with Gasteiger partial charge in [-0.25, -0.2) is 9.37 Å². The van der Waals surface area contributed by atoms with Crippen molar-refractivity contribution in [3.8, 4) is 5.88 Å². The summed E-state index contributed by atoms with van der Waals surface area (Å²) in [5.74, 6) is -0.787. The lowest BCUT2D eigenvalue weighted by Gasteiger charge is -2.28. The average Bonchev–Trinajstić information content (AvgIpc) is 3.26. The summed E-state index contributed by atoms with van der Waals surface area (Å²) in [5.41, 5.74) is 7.78. The highest BCUT2D eigenvalue weighted by Crippen LogP contribution is 2.33. The number of piperidine rings is 1. The second-order valence-electron chi connectivity index (χ2n) is 9.94. The van der Waals surface area contributed by atoms with E-state index in [1.54, 1.807) is 6.20 Å². The van der Waals surface area contributed by atoms with Gasteiger partial charge in [0.1, 0.15) is 12.4 Å². The molecule has 1 aromatic carbocycles. The highest BCUT2D eigenvalue weighted by molar-refractivity contribution is 5.94. The summed E-state index contributed by atoms with van der Waals surface area (Å²) in [5, 5.41) is 0. The SMILES string of the molecule is NC(=O)C1CCC(n2/c(=N/C(=O)c3ccc(F)cc3)[nH]c3cnc(OCCN4CCCCC4)cc32)CC1. The molecule has 1 saturated carbocycles. The van der Waals surface area contributed by atoms with Gasteiger partial charge in [-0.15, -0.1) is 0 Å². The van der Waals surface area contributed by atoms with Crippen molar-refractivity contribution in [1.29, 1.82) is 0 Å². The fourth-order valence-electron chi connectivity index (χ4n) is 5.38. The Hall–Kier alpha value is -3.53. The minimum atomic E-state index is -0.475. The van der Waals surface area contributed by atoms with E-state index in [9.17, 15) is 14.0 Å². The third kappa shape index (κ3) is 5.90. The quantitative estimate of drug-likeness (QED) is 0.508. The van der Waals surface area contributed by atoms with E-state index < -0.39 is 11.7 Å². The molecule has 1 aliphatic heterocycles.